The molecule has 0 aromatic rings. The maximum absolute atomic E-state index is 11.8. The monoisotopic (exact) mass is 267 g/mol. The Hall–Kier alpha value is -1.15. The first kappa shape index (κ1) is 15.9. The number of hydrogen-bond donors (Lipinski definition) is 1. The van der Waals surface area contributed by atoms with Crippen molar-refractivity contribution in [1.29, 1.82) is 0 Å². The predicted molar refractivity (Wildman–Crippen MR) is 59.9 cm³/mol. The molecule has 0 rings (SSSR count). The third-order valence-electron chi connectivity index (χ3n) is 2.28. The Kier molecular flexibility index (Phi) is 6.11. The second-order valence-electron chi connectivity index (χ2n) is 3.53. The zero-order chi connectivity index (χ0) is 13.6. The lowest BCUT2D eigenvalue weighted by molar-refractivity contribution is -0.140. The molecule has 7 nitrogen and oxygen atoms in total. The van der Waals surface area contributed by atoms with Gasteiger partial charge in [0, 0.05) is 20.0 Å². The fraction of sp³-hybridized carbons (Fsp3) is 0.778. The molecule has 0 aliphatic rings. The molecule has 8 heteroatoms. The predicted octanol–water partition coefficient (Wildman–Crippen LogP) is -0.326. The van der Waals surface area contributed by atoms with Crippen molar-refractivity contribution in [1.82, 2.24) is 4.31 Å². The van der Waals surface area contributed by atoms with Crippen LogP contribution in [0.1, 0.15) is 19.8 Å². The molecule has 0 heterocycles. The quantitative estimate of drug-likeness (QED) is 0.634. The number of carboxylic acids is 1. The Bertz CT molecular complexity index is 377. The van der Waals surface area contributed by atoms with Gasteiger partial charge in [-0.15, -0.1) is 0 Å². The number of nitrogens with zero attached hydrogens (tertiary/aromatic N) is 1. The van der Waals surface area contributed by atoms with Crippen molar-refractivity contribution in [3.63, 3.8) is 0 Å². The number of aliphatic carboxylic acids is 1. The summed E-state index contributed by atoms with van der Waals surface area (Å²) in [7, 11) is -1.37. The maximum Gasteiger partial charge on any atom is 0.325 e. The Labute approximate surface area is 100 Å². The van der Waals surface area contributed by atoms with Crippen LogP contribution < -0.4 is 0 Å². The molecule has 0 aromatic heterocycles. The highest BCUT2D eigenvalue weighted by Gasteiger charge is 2.32. The average Bonchev–Trinajstić information content (AvgIpc) is 2.26. The van der Waals surface area contributed by atoms with Crippen LogP contribution in [0.3, 0.4) is 0 Å². The molecule has 0 bridgehead atoms. The topological polar surface area (TPSA) is 101 Å². The summed E-state index contributed by atoms with van der Waals surface area (Å²) in [5.41, 5.74) is 0. The SMILES string of the molecule is COC(=O)C(C)S(=O)(=O)N(C)CCCC(=O)O. The van der Waals surface area contributed by atoms with Gasteiger partial charge < -0.3 is 9.84 Å². The second kappa shape index (κ2) is 6.55. The molecule has 100 valence electrons. The minimum atomic E-state index is -3.78. The third-order valence-corrected chi connectivity index (χ3v) is 4.42. The van der Waals surface area contributed by atoms with E-state index in [1.54, 1.807) is 0 Å². The van der Waals surface area contributed by atoms with Crippen LogP contribution >= 0.6 is 0 Å². The Morgan fingerprint density at radius 1 is 1.41 bits per heavy atom. The van der Waals surface area contributed by atoms with E-state index < -0.39 is 27.2 Å². The van der Waals surface area contributed by atoms with Gasteiger partial charge in [-0.3, -0.25) is 9.59 Å². The van der Waals surface area contributed by atoms with Crippen molar-refractivity contribution < 1.29 is 27.9 Å². The van der Waals surface area contributed by atoms with Gasteiger partial charge in [-0.25, -0.2) is 12.7 Å². The molecule has 0 spiro atoms. The standard InChI is InChI=1S/C9H17NO6S/c1-7(9(13)16-3)17(14,15)10(2)6-4-5-8(11)12/h7H,4-6H2,1-3H3,(H,11,12). The van der Waals surface area contributed by atoms with Gasteiger partial charge in [0.2, 0.25) is 10.0 Å². The van der Waals surface area contributed by atoms with Crippen LogP contribution in [0.5, 0.6) is 0 Å². The van der Waals surface area contributed by atoms with Crippen LogP contribution in [0.2, 0.25) is 0 Å². The third kappa shape index (κ3) is 4.70. The normalized spacial score (nSPS) is 13.4. The van der Waals surface area contributed by atoms with Gasteiger partial charge in [-0.05, 0) is 13.3 Å². The minimum absolute atomic E-state index is 0.0516. The summed E-state index contributed by atoms with van der Waals surface area (Å²) in [5.74, 6) is -1.83. The van der Waals surface area contributed by atoms with E-state index in [0.717, 1.165) is 11.4 Å². The molecule has 0 aromatic carbocycles. The van der Waals surface area contributed by atoms with E-state index in [2.05, 4.69) is 4.74 Å². The number of hydrogen-bond acceptors (Lipinski definition) is 5. The summed E-state index contributed by atoms with van der Waals surface area (Å²) >= 11 is 0. The van der Waals surface area contributed by atoms with Crippen molar-refractivity contribution in [3.8, 4) is 0 Å². The highest BCUT2D eigenvalue weighted by Crippen LogP contribution is 2.09. The van der Waals surface area contributed by atoms with Crippen molar-refractivity contribution in [2.45, 2.75) is 25.0 Å². The number of esters is 1. The van der Waals surface area contributed by atoms with Crippen molar-refractivity contribution >= 4 is 22.0 Å². The van der Waals surface area contributed by atoms with Crippen LogP contribution in [-0.2, 0) is 24.3 Å². The van der Waals surface area contributed by atoms with E-state index in [1.165, 1.54) is 14.0 Å². The molecule has 1 atom stereocenters. The zero-order valence-electron chi connectivity index (χ0n) is 10.0. The maximum atomic E-state index is 11.8. The molecular weight excluding hydrogens is 250 g/mol. The largest absolute Gasteiger partial charge is 0.481 e. The van der Waals surface area contributed by atoms with E-state index >= 15 is 0 Å². The first-order valence-corrected chi connectivity index (χ1v) is 6.48. The molecule has 0 aliphatic carbocycles. The summed E-state index contributed by atoms with van der Waals surface area (Å²) in [6.07, 6.45) is 0.0748. The van der Waals surface area contributed by atoms with Crippen LogP contribution in [0.4, 0.5) is 0 Å². The number of methoxy groups -OCH3 is 1. The van der Waals surface area contributed by atoms with Gasteiger partial charge in [-0.2, -0.15) is 0 Å². The van der Waals surface area contributed by atoms with Gasteiger partial charge in [-0.1, -0.05) is 0 Å². The van der Waals surface area contributed by atoms with Crippen LogP contribution in [0.15, 0.2) is 0 Å². The number of carboxylic acid groups (broad SMARTS) is 1. The highest BCUT2D eigenvalue weighted by atomic mass is 32.2. The first-order chi connectivity index (χ1) is 7.73. The van der Waals surface area contributed by atoms with Crippen LogP contribution in [0.25, 0.3) is 0 Å². The number of rotatable bonds is 7. The molecule has 0 amide bonds. The number of ether oxygens (including phenoxy) is 1. The van der Waals surface area contributed by atoms with Gasteiger partial charge in [0.05, 0.1) is 7.11 Å². The van der Waals surface area contributed by atoms with Gasteiger partial charge in [0.1, 0.15) is 0 Å². The van der Waals surface area contributed by atoms with Crippen molar-refractivity contribution in [3.05, 3.63) is 0 Å². The number of carbonyl (C=O) groups is 2. The molecule has 0 saturated carbocycles. The molecule has 0 saturated heterocycles. The first-order valence-electron chi connectivity index (χ1n) is 4.98. The Morgan fingerprint density at radius 2 is 1.94 bits per heavy atom. The van der Waals surface area contributed by atoms with Crippen molar-refractivity contribution in [2.24, 2.45) is 0 Å². The van der Waals surface area contributed by atoms with Gasteiger partial charge in [0.25, 0.3) is 0 Å². The van der Waals surface area contributed by atoms with Gasteiger partial charge in [0.15, 0.2) is 5.25 Å². The number of carbonyl (C=O) groups excluding carboxylic acids is 1. The van der Waals surface area contributed by atoms with Crippen molar-refractivity contribution in [2.75, 3.05) is 20.7 Å². The van der Waals surface area contributed by atoms with E-state index in [1.807, 2.05) is 0 Å². The summed E-state index contributed by atoms with van der Waals surface area (Å²) < 4.78 is 28.9. The Balaban J connectivity index is 4.49. The zero-order valence-corrected chi connectivity index (χ0v) is 10.9. The minimum Gasteiger partial charge on any atom is -0.481 e. The summed E-state index contributed by atoms with van der Waals surface area (Å²) in [4.78, 5) is 21.4. The van der Waals surface area contributed by atoms with E-state index in [9.17, 15) is 18.0 Å². The molecule has 1 N–H and O–H groups in total. The summed E-state index contributed by atoms with van der Waals surface area (Å²) in [5, 5.41) is 7.13. The lowest BCUT2D eigenvalue weighted by Gasteiger charge is -2.20. The van der Waals surface area contributed by atoms with E-state index in [4.69, 9.17) is 5.11 Å². The fourth-order valence-electron chi connectivity index (χ4n) is 1.14. The second-order valence-corrected chi connectivity index (χ2v) is 5.89. The molecule has 0 radical (unpaired) electrons. The Morgan fingerprint density at radius 3 is 2.35 bits per heavy atom. The molecule has 17 heavy (non-hydrogen) atoms. The molecular formula is C9H17NO6S. The number of sulfonamides is 1. The lowest BCUT2D eigenvalue weighted by Crippen LogP contribution is -2.40. The van der Waals surface area contributed by atoms with Crippen LogP contribution in [-0.4, -0.2) is 55.7 Å². The van der Waals surface area contributed by atoms with Crippen LogP contribution in [0, 0.1) is 0 Å². The average molecular weight is 267 g/mol. The highest BCUT2D eigenvalue weighted by molar-refractivity contribution is 7.90. The van der Waals surface area contributed by atoms with E-state index in [-0.39, 0.29) is 19.4 Å². The fourth-order valence-corrected chi connectivity index (χ4v) is 2.40. The van der Waals surface area contributed by atoms with E-state index in [0.29, 0.717) is 0 Å². The smallest absolute Gasteiger partial charge is 0.325 e. The lowest BCUT2D eigenvalue weighted by atomic mass is 10.3. The molecule has 0 fully saturated rings. The molecule has 0 aliphatic heterocycles. The summed E-state index contributed by atoms with van der Waals surface area (Å²) in [6, 6.07) is 0. The van der Waals surface area contributed by atoms with Gasteiger partial charge >= 0.3 is 11.9 Å². The molecule has 1 unspecified atom stereocenters. The summed E-state index contributed by atoms with van der Waals surface area (Å²) in [6.45, 7) is 1.28.